The first-order chi connectivity index (χ1) is 9.22. The molecule has 0 aliphatic carbocycles. The van der Waals surface area contributed by atoms with E-state index in [1.807, 2.05) is 0 Å². The van der Waals surface area contributed by atoms with E-state index in [4.69, 9.17) is 5.26 Å². The maximum Gasteiger partial charge on any atom is 0.313 e. The Hall–Kier alpha value is -2.94. The van der Waals surface area contributed by atoms with Gasteiger partial charge >= 0.3 is 11.8 Å². The molecule has 1 heterocycles. The van der Waals surface area contributed by atoms with Crippen LogP contribution >= 0.6 is 0 Å². The summed E-state index contributed by atoms with van der Waals surface area (Å²) in [5.41, 5.74) is 1.22. The van der Waals surface area contributed by atoms with Crippen LogP contribution < -0.4 is 10.6 Å². The van der Waals surface area contributed by atoms with Crippen molar-refractivity contribution in [3.05, 3.63) is 36.5 Å². The topological polar surface area (TPSA) is 94.9 Å². The van der Waals surface area contributed by atoms with Crippen LogP contribution in [-0.2, 0) is 9.59 Å². The molecule has 2 rings (SSSR count). The molecule has 1 aromatic heterocycles. The van der Waals surface area contributed by atoms with Crippen LogP contribution in [-0.4, -0.2) is 23.3 Å². The molecular formula is C13H10N4O2. The Morgan fingerprint density at radius 3 is 2.84 bits per heavy atom. The van der Waals surface area contributed by atoms with Gasteiger partial charge in [0.2, 0.25) is 0 Å². The van der Waals surface area contributed by atoms with Gasteiger partial charge in [0.25, 0.3) is 0 Å². The Labute approximate surface area is 109 Å². The van der Waals surface area contributed by atoms with Crippen LogP contribution in [0, 0.1) is 11.3 Å². The lowest BCUT2D eigenvalue weighted by Crippen LogP contribution is -2.35. The quantitative estimate of drug-likeness (QED) is 0.612. The number of hydrogen-bond donors (Lipinski definition) is 2. The predicted octanol–water partition coefficient (Wildman–Crippen LogP) is 0.813. The van der Waals surface area contributed by atoms with Gasteiger partial charge in [-0.15, -0.1) is 0 Å². The zero-order valence-corrected chi connectivity index (χ0v) is 9.88. The molecule has 0 unspecified atom stereocenters. The molecule has 94 valence electrons. The standard InChI is InChI=1S/C13H10N4O2/c14-6-8-16-12(18)13(19)17-11-5-1-4-10-9(11)3-2-7-15-10/h1-5,7H,8H2,(H,16,18)(H,17,19). The molecule has 0 saturated heterocycles. The Balaban J connectivity index is 2.20. The second kappa shape index (κ2) is 5.60. The molecule has 1 aromatic carbocycles. The predicted molar refractivity (Wildman–Crippen MR) is 69.0 cm³/mol. The van der Waals surface area contributed by atoms with Crippen LogP contribution in [0.1, 0.15) is 0 Å². The zero-order valence-electron chi connectivity index (χ0n) is 9.88. The van der Waals surface area contributed by atoms with Gasteiger partial charge < -0.3 is 10.6 Å². The van der Waals surface area contributed by atoms with Gasteiger partial charge in [0.05, 0.1) is 17.3 Å². The number of pyridine rings is 1. The van der Waals surface area contributed by atoms with E-state index in [1.165, 1.54) is 0 Å². The maximum absolute atomic E-state index is 11.6. The molecule has 0 radical (unpaired) electrons. The Bertz CT molecular complexity index is 670. The number of nitrogens with zero attached hydrogens (tertiary/aromatic N) is 2. The first-order valence-electron chi connectivity index (χ1n) is 5.52. The third-order valence-electron chi connectivity index (χ3n) is 2.43. The number of carbonyl (C=O) groups excluding carboxylic acids is 2. The smallest absolute Gasteiger partial charge is 0.313 e. The number of nitrogens with one attached hydrogen (secondary N) is 2. The van der Waals surface area contributed by atoms with Crippen molar-refractivity contribution >= 4 is 28.4 Å². The van der Waals surface area contributed by atoms with Gasteiger partial charge in [-0.3, -0.25) is 14.6 Å². The van der Waals surface area contributed by atoms with Crippen molar-refractivity contribution in [2.24, 2.45) is 0 Å². The molecule has 0 fully saturated rings. The summed E-state index contributed by atoms with van der Waals surface area (Å²) in [6, 6.07) is 10.5. The van der Waals surface area contributed by atoms with E-state index in [0.29, 0.717) is 5.69 Å². The summed E-state index contributed by atoms with van der Waals surface area (Å²) in [5, 5.41) is 13.7. The van der Waals surface area contributed by atoms with Crippen LogP contribution in [0.5, 0.6) is 0 Å². The van der Waals surface area contributed by atoms with E-state index in [-0.39, 0.29) is 6.54 Å². The molecule has 2 aromatic rings. The lowest BCUT2D eigenvalue weighted by atomic mass is 10.2. The summed E-state index contributed by atoms with van der Waals surface area (Å²) in [6.45, 7) is -0.205. The second-order valence-corrected chi connectivity index (χ2v) is 3.67. The number of carbonyl (C=O) groups is 2. The highest BCUT2D eigenvalue weighted by molar-refractivity contribution is 6.40. The number of aromatic nitrogens is 1. The summed E-state index contributed by atoms with van der Waals surface area (Å²) in [7, 11) is 0. The van der Waals surface area contributed by atoms with E-state index in [2.05, 4.69) is 15.6 Å². The Morgan fingerprint density at radius 1 is 1.21 bits per heavy atom. The molecule has 6 heteroatoms. The molecule has 0 saturated carbocycles. The van der Waals surface area contributed by atoms with Crippen molar-refractivity contribution in [3.63, 3.8) is 0 Å². The average Bonchev–Trinajstić information content (AvgIpc) is 2.45. The van der Waals surface area contributed by atoms with Crippen molar-refractivity contribution in [3.8, 4) is 6.07 Å². The molecule has 0 bridgehead atoms. The van der Waals surface area contributed by atoms with Gasteiger partial charge in [0, 0.05) is 11.6 Å². The van der Waals surface area contributed by atoms with E-state index in [0.717, 1.165) is 10.9 Å². The SMILES string of the molecule is N#CCNC(=O)C(=O)Nc1cccc2ncccc12. The van der Waals surface area contributed by atoms with Crippen LogP contribution in [0.4, 0.5) is 5.69 Å². The van der Waals surface area contributed by atoms with Crippen molar-refractivity contribution in [2.75, 3.05) is 11.9 Å². The highest BCUT2D eigenvalue weighted by Gasteiger charge is 2.14. The number of rotatable bonds is 2. The average molecular weight is 254 g/mol. The van der Waals surface area contributed by atoms with Gasteiger partial charge in [-0.1, -0.05) is 6.07 Å². The first-order valence-corrected chi connectivity index (χ1v) is 5.52. The molecular weight excluding hydrogens is 244 g/mol. The number of nitriles is 1. The van der Waals surface area contributed by atoms with Gasteiger partial charge in [-0.2, -0.15) is 5.26 Å². The maximum atomic E-state index is 11.6. The van der Waals surface area contributed by atoms with Crippen molar-refractivity contribution in [2.45, 2.75) is 0 Å². The third kappa shape index (κ3) is 2.84. The number of benzene rings is 1. The summed E-state index contributed by atoms with van der Waals surface area (Å²) in [4.78, 5) is 27.1. The fourth-order valence-corrected chi connectivity index (χ4v) is 1.59. The first kappa shape index (κ1) is 12.5. The highest BCUT2D eigenvalue weighted by atomic mass is 16.2. The van der Waals surface area contributed by atoms with E-state index in [9.17, 15) is 9.59 Å². The van der Waals surface area contributed by atoms with Gasteiger partial charge in [0.15, 0.2) is 0 Å². The van der Waals surface area contributed by atoms with Crippen molar-refractivity contribution in [1.82, 2.24) is 10.3 Å². The number of anilines is 1. The molecule has 6 nitrogen and oxygen atoms in total. The summed E-state index contributed by atoms with van der Waals surface area (Å²) < 4.78 is 0. The number of amides is 2. The van der Waals surface area contributed by atoms with Crippen molar-refractivity contribution in [1.29, 1.82) is 5.26 Å². The van der Waals surface area contributed by atoms with E-state index in [1.54, 1.807) is 42.6 Å². The Morgan fingerprint density at radius 2 is 2.05 bits per heavy atom. The normalized spacial score (nSPS) is 9.63. The van der Waals surface area contributed by atoms with Crippen LogP contribution in [0.2, 0.25) is 0 Å². The minimum atomic E-state index is -0.845. The van der Waals surface area contributed by atoms with Crippen LogP contribution in [0.25, 0.3) is 10.9 Å². The zero-order chi connectivity index (χ0) is 13.7. The summed E-state index contributed by atoms with van der Waals surface area (Å²) >= 11 is 0. The monoisotopic (exact) mass is 254 g/mol. The lowest BCUT2D eigenvalue weighted by molar-refractivity contribution is -0.136. The van der Waals surface area contributed by atoms with Crippen LogP contribution in [0.3, 0.4) is 0 Å². The van der Waals surface area contributed by atoms with E-state index < -0.39 is 11.8 Å². The second-order valence-electron chi connectivity index (χ2n) is 3.67. The highest BCUT2D eigenvalue weighted by Crippen LogP contribution is 2.20. The molecule has 0 aliphatic rings. The molecule has 0 spiro atoms. The van der Waals surface area contributed by atoms with Gasteiger partial charge in [-0.05, 0) is 24.3 Å². The fraction of sp³-hybridized carbons (Fsp3) is 0.0769. The van der Waals surface area contributed by atoms with Crippen molar-refractivity contribution < 1.29 is 9.59 Å². The van der Waals surface area contributed by atoms with Crippen LogP contribution in [0.15, 0.2) is 36.5 Å². The van der Waals surface area contributed by atoms with Gasteiger partial charge in [-0.25, -0.2) is 0 Å². The van der Waals surface area contributed by atoms with Gasteiger partial charge in [0.1, 0.15) is 6.54 Å². The largest absolute Gasteiger partial charge is 0.335 e. The third-order valence-corrected chi connectivity index (χ3v) is 2.43. The minimum Gasteiger partial charge on any atom is -0.335 e. The molecule has 0 atom stereocenters. The Kier molecular flexibility index (Phi) is 3.69. The summed E-state index contributed by atoms with van der Waals surface area (Å²) in [5.74, 6) is -1.66. The number of fused-ring (bicyclic) bond motifs is 1. The number of hydrogen-bond acceptors (Lipinski definition) is 4. The molecule has 0 aliphatic heterocycles. The molecule has 19 heavy (non-hydrogen) atoms. The lowest BCUT2D eigenvalue weighted by Gasteiger charge is -2.07. The molecule has 2 amide bonds. The fourth-order valence-electron chi connectivity index (χ4n) is 1.59. The van der Waals surface area contributed by atoms with E-state index >= 15 is 0 Å². The minimum absolute atomic E-state index is 0.205. The summed E-state index contributed by atoms with van der Waals surface area (Å²) in [6.07, 6.45) is 1.65. The molecule has 2 N–H and O–H groups in total.